The summed E-state index contributed by atoms with van der Waals surface area (Å²) in [5, 5.41) is 35.8. The largest absolute Gasteiger partial charge is 0.478 e. The minimum atomic E-state index is -1.12. The van der Waals surface area contributed by atoms with Gasteiger partial charge < -0.3 is 10.4 Å². The van der Waals surface area contributed by atoms with Gasteiger partial charge in [0.15, 0.2) is 0 Å². The predicted octanol–water partition coefficient (Wildman–Crippen LogP) is 6.24. The SMILES string of the molecule is O=C(O)c1cccc2c1N[C@@H](c1ccccc1[N+](=O)[O-])[C@@H]1C[C@H](Sc3ccccc3[N+](=O)[O-])[C@H](Cl)[C@H]21. The first-order valence-electron chi connectivity index (χ1n) is 11.2. The molecule has 0 aromatic heterocycles. The maximum absolute atomic E-state index is 12.0. The lowest BCUT2D eigenvalue weighted by atomic mass is 9.76. The third-order valence-corrected chi connectivity index (χ3v) is 9.00. The smallest absolute Gasteiger partial charge is 0.337 e. The van der Waals surface area contributed by atoms with Crippen LogP contribution in [-0.2, 0) is 0 Å². The molecule has 1 aliphatic heterocycles. The van der Waals surface area contributed by atoms with Crippen molar-refractivity contribution >= 4 is 46.4 Å². The van der Waals surface area contributed by atoms with Gasteiger partial charge in [-0.2, -0.15) is 0 Å². The van der Waals surface area contributed by atoms with Gasteiger partial charge in [-0.25, -0.2) is 4.79 Å². The number of nitro groups is 2. The van der Waals surface area contributed by atoms with Crippen LogP contribution in [0.2, 0.25) is 0 Å². The third kappa shape index (κ3) is 4.06. The molecule has 5 rings (SSSR count). The van der Waals surface area contributed by atoms with Crippen molar-refractivity contribution in [3.8, 4) is 0 Å². The fourth-order valence-electron chi connectivity index (χ4n) is 5.42. The number of hydrogen-bond donors (Lipinski definition) is 2. The number of alkyl halides is 1. The van der Waals surface area contributed by atoms with Crippen molar-refractivity contribution in [2.75, 3.05) is 5.32 Å². The second-order valence-electron chi connectivity index (χ2n) is 8.76. The van der Waals surface area contributed by atoms with E-state index in [1.165, 1.54) is 30.0 Å². The number of thioether (sulfide) groups is 1. The van der Waals surface area contributed by atoms with Crippen LogP contribution in [0.3, 0.4) is 0 Å². The van der Waals surface area contributed by atoms with E-state index in [1.54, 1.807) is 42.5 Å². The maximum atomic E-state index is 12.0. The Labute approximate surface area is 214 Å². The highest BCUT2D eigenvalue weighted by Crippen LogP contribution is 2.59. The van der Waals surface area contributed by atoms with Crippen LogP contribution in [0.1, 0.15) is 39.9 Å². The fraction of sp³-hybridized carbons (Fsp3) is 0.240. The lowest BCUT2D eigenvalue weighted by Crippen LogP contribution is -2.32. The van der Waals surface area contributed by atoms with Gasteiger partial charge in [-0.3, -0.25) is 20.2 Å². The molecule has 1 heterocycles. The van der Waals surface area contributed by atoms with Crippen molar-refractivity contribution in [2.45, 2.75) is 33.9 Å². The maximum Gasteiger partial charge on any atom is 0.337 e. The Kier molecular flexibility index (Phi) is 6.31. The van der Waals surface area contributed by atoms with Crippen molar-refractivity contribution in [1.82, 2.24) is 0 Å². The molecule has 3 aromatic carbocycles. The molecule has 5 atom stereocenters. The Morgan fingerprint density at radius 2 is 1.58 bits per heavy atom. The second-order valence-corrected chi connectivity index (χ2v) is 10.5. The van der Waals surface area contributed by atoms with E-state index in [0.717, 1.165) is 5.56 Å². The van der Waals surface area contributed by atoms with Gasteiger partial charge in [-0.15, -0.1) is 23.4 Å². The molecule has 9 nitrogen and oxygen atoms in total. The quantitative estimate of drug-likeness (QED) is 0.219. The molecule has 0 spiro atoms. The van der Waals surface area contributed by atoms with Crippen molar-refractivity contribution in [1.29, 1.82) is 0 Å². The minimum absolute atomic E-state index is 0.0109. The summed E-state index contributed by atoms with van der Waals surface area (Å²) >= 11 is 8.37. The molecule has 0 bridgehead atoms. The van der Waals surface area contributed by atoms with E-state index in [9.17, 15) is 30.1 Å². The Balaban J connectivity index is 1.62. The first-order valence-corrected chi connectivity index (χ1v) is 12.5. The molecule has 1 aliphatic carbocycles. The van der Waals surface area contributed by atoms with Crippen LogP contribution in [0.4, 0.5) is 17.1 Å². The molecule has 36 heavy (non-hydrogen) atoms. The lowest BCUT2D eigenvalue weighted by Gasteiger charge is -2.38. The number of hydrogen-bond acceptors (Lipinski definition) is 7. The Morgan fingerprint density at radius 3 is 2.28 bits per heavy atom. The van der Waals surface area contributed by atoms with Crippen molar-refractivity contribution in [3.05, 3.63) is 104 Å². The van der Waals surface area contributed by atoms with Crippen LogP contribution in [-0.4, -0.2) is 31.5 Å². The van der Waals surface area contributed by atoms with Crippen LogP contribution in [0.25, 0.3) is 0 Å². The number of carboxylic acids is 1. The third-order valence-electron chi connectivity index (χ3n) is 6.89. The highest BCUT2D eigenvalue weighted by Gasteiger charge is 2.52. The number of halogens is 1. The van der Waals surface area contributed by atoms with Gasteiger partial charge in [-0.1, -0.05) is 42.5 Å². The van der Waals surface area contributed by atoms with Crippen LogP contribution >= 0.6 is 23.4 Å². The van der Waals surface area contributed by atoms with Crippen LogP contribution < -0.4 is 5.32 Å². The number of rotatable bonds is 6. The second kappa shape index (κ2) is 9.44. The summed E-state index contributed by atoms with van der Waals surface area (Å²) in [6.07, 6.45) is 0.524. The molecule has 1 saturated carbocycles. The standard InChI is InChI=1S/C25H20ClN3O6S/c26-22-20(36-19-11-4-3-10-18(19)29(34)35)12-16-21(22)14-7-5-8-15(25(30)31)24(14)27-23(16)13-6-1-2-9-17(13)28(32)33/h1-11,16,20-23,27H,12H2,(H,30,31)/t16-,20+,21-,22+,23+/m1/s1. The summed E-state index contributed by atoms with van der Waals surface area (Å²) in [5.74, 6) is -1.63. The van der Waals surface area contributed by atoms with Crippen molar-refractivity contribution in [2.24, 2.45) is 5.92 Å². The zero-order valence-electron chi connectivity index (χ0n) is 18.6. The van der Waals surface area contributed by atoms with E-state index in [4.69, 9.17) is 11.6 Å². The molecule has 11 heteroatoms. The molecule has 0 amide bonds. The zero-order chi connectivity index (χ0) is 25.6. The number of para-hydroxylation sites is 3. The average molecular weight is 526 g/mol. The van der Waals surface area contributed by atoms with Gasteiger partial charge in [0, 0.05) is 23.3 Å². The number of anilines is 1. The van der Waals surface area contributed by atoms with Crippen molar-refractivity contribution < 1.29 is 19.7 Å². The number of carboxylic acid groups (broad SMARTS) is 1. The molecular formula is C25H20ClN3O6S. The van der Waals surface area contributed by atoms with Gasteiger partial charge in [-0.05, 0) is 30.0 Å². The monoisotopic (exact) mass is 525 g/mol. The molecular weight excluding hydrogens is 506 g/mol. The van der Waals surface area contributed by atoms with E-state index in [1.807, 2.05) is 6.07 Å². The molecule has 0 unspecified atom stereocenters. The molecule has 184 valence electrons. The molecule has 1 fully saturated rings. The van der Waals surface area contributed by atoms with Gasteiger partial charge in [0.1, 0.15) is 0 Å². The minimum Gasteiger partial charge on any atom is -0.478 e. The van der Waals surface area contributed by atoms with Crippen LogP contribution in [0, 0.1) is 26.1 Å². The lowest BCUT2D eigenvalue weighted by molar-refractivity contribution is -0.387. The Hall–Kier alpha value is -3.63. The van der Waals surface area contributed by atoms with E-state index < -0.39 is 27.2 Å². The Bertz CT molecular complexity index is 1390. The summed E-state index contributed by atoms with van der Waals surface area (Å²) in [5.41, 5.74) is 1.57. The molecule has 0 saturated heterocycles. The zero-order valence-corrected chi connectivity index (χ0v) is 20.2. The van der Waals surface area contributed by atoms with Gasteiger partial charge in [0.25, 0.3) is 11.4 Å². The number of nitro benzene ring substituents is 2. The van der Waals surface area contributed by atoms with Gasteiger partial charge in [0.2, 0.25) is 0 Å². The summed E-state index contributed by atoms with van der Waals surface area (Å²) < 4.78 is 0. The highest BCUT2D eigenvalue weighted by molar-refractivity contribution is 8.00. The number of benzene rings is 3. The number of carbonyl (C=O) groups is 1. The first kappa shape index (κ1) is 24.1. The summed E-state index contributed by atoms with van der Waals surface area (Å²) in [7, 11) is 0. The van der Waals surface area contributed by atoms with Crippen molar-refractivity contribution in [3.63, 3.8) is 0 Å². The molecule has 2 aliphatic rings. The normalized spacial score (nSPS) is 24.3. The van der Waals surface area contributed by atoms with E-state index in [-0.39, 0.29) is 34.0 Å². The average Bonchev–Trinajstić information content (AvgIpc) is 3.19. The molecule has 0 radical (unpaired) electrons. The number of aromatic carboxylic acids is 1. The number of nitrogens with zero attached hydrogens (tertiary/aromatic N) is 2. The van der Waals surface area contributed by atoms with E-state index in [0.29, 0.717) is 22.6 Å². The number of fused-ring (bicyclic) bond motifs is 3. The predicted molar refractivity (Wildman–Crippen MR) is 136 cm³/mol. The number of nitrogens with one attached hydrogen (secondary N) is 1. The first-order chi connectivity index (χ1) is 17.3. The van der Waals surface area contributed by atoms with Gasteiger partial charge >= 0.3 is 5.97 Å². The van der Waals surface area contributed by atoms with E-state index >= 15 is 0 Å². The van der Waals surface area contributed by atoms with Gasteiger partial charge in [0.05, 0.1) is 43.0 Å². The Morgan fingerprint density at radius 1 is 0.944 bits per heavy atom. The van der Waals surface area contributed by atoms with Crippen LogP contribution in [0.15, 0.2) is 71.6 Å². The van der Waals surface area contributed by atoms with Crippen LogP contribution in [0.5, 0.6) is 0 Å². The topological polar surface area (TPSA) is 136 Å². The highest BCUT2D eigenvalue weighted by atomic mass is 35.5. The molecule has 3 aromatic rings. The fourth-order valence-corrected chi connectivity index (χ4v) is 7.36. The summed E-state index contributed by atoms with van der Waals surface area (Å²) in [6.45, 7) is 0. The summed E-state index contributed by atoms with van der Waals surface area (Å²) in [4.78, 5) is 35.0. The van der Waals surface area contributed by atoms with E-state index in [2.05, 4.69) is 5.32 Å². The summed E-state index contributed by atoms with van der Waals surface area (Å²) in [6, 6.07) is 17.3. The molecule has 2 N–H and O–H groups in total.